The minimum absolute atomic E-state index is 0. The maximum Gasteiger partial charge on any atom is 0.240 e. The first-order valence-electron chi connectivity index (χ1n) is 7.39. The summed E-state index contributed by atoms with van der Waals surface area (Å²) in [5.41, 5.74) is 6.59. The lowest BCUT2D eigenvalue weighted by Gasteiger charge is -2.33. The molecule has 1 aromatic carbocycles. The summed E-state index contributed by atoms with van der Waals surface area (Å²) in [6.45, 7) is 1.97. The van der Waals surface area contributed by atoms with Crippen LogP contribution in [0.4, 0.5) is 0 Å². The van der Waals surface area contributed by atoms with Gasteiger partial charge in [0.05, 0.1) is 23.2 Å². The second-order valence-electron chi connectivity index (χ2n) is 5.81. The van der Waals surface area contributed by atoms with Gasteiger partial charge in [-0.2, -0.15) is 0 Å². The van der Waals surface area contributed by atoms with Crippen LogP contribution in [0.25, 0.3) is 0 Å². The largest absolute Gasteiger partial charge is 0.496 e. The van der Waals surface area contributed by atoms with E-state index in [0.717, 1.165) is 41.5 Å². The molecule has 1 saturated carbocycles. The van der Waals surface area contributed by atoms with Crippen LogP contribution >= 0.6 is 28.3 Å². The van der Waals surface area contributed by atoms with E-state index < -0.39 is 5.54 Å². The summed E-state index contributed by atoms with van der Waals surface area (Å²) in [7, 11) is 1.63. The van der Waals surface area contributed by atoms with Crippen LogP contribution in [0.2, 0.25) is 0 Å². The van der Waals surface area contributed by atoms with E-state index in [1.165, 1.54) is 6.42 Å². The first-order chi connectivity index (χ1) is 9.96. The summed E-state index contributed by atoms with van der Waals surface area (Å²) in [4.78, 5) is 12.4. The van der Waals surface area contributed by atoms with E-state index >= 15 is 0 Å². The molecule has 1 amide bonds. The van der Waals surface area contributed by atoms with Crippen LogP contribution < -0.4 is 15.8 Å². The highest BCUT2D eigenvalue weighted by Crippen LogP contribution is 2.29. The zero-order chi connectivity index (χ0) is 15.5. The van der Waals surface area contributed by atoms with Crippen LogP contribution in [-0.2, 0) is 4.79 Å². The number of hydrogen-bond donors (Lipinski definition) is 2. The van der Waals surface area contributed by atoms with Gasteiger partial charge in [0.1, 0.15) is 5.75 Å². The summed E-state index contributed by atoms with van der Waals surface area (Å²) >= 11 is 3.47. The number of carbonyl (C=O) groups excluding carboxylic acids is 1. The van der Waals surface area contributed by atoms with Crippen LogP contribution in [0, 0.1) is 0 Å². The van der Waals surface area contributed by atoms with E-state index in [9.17, 15) is 4.79 Å². The SMILES string of the molecule is COc1ccc(C(C)NC(=O)C2(N)CCCCC2)cc1Br.Cl. The predicted molar refractivity (Wildman–Crippen MR) is 94.5 cm³/mol. The van der Waals surface area contributed by atoms with Crippen LogP contribution in [0.1, 0.15) is 50.6 Å². The zero-order valence-electron chi connectivity index (χ0n) is 13.0. The van der Waals surface area contributed by atoms with Crippen molar-refractivity contribution in [3.8, 4) is 5.75 Å². The molecule has 0 heterocycles. The smallest absolute Gasteiger partial charge is 0.240 e. The number of halogens is 2. The minimum Gasteiger partial charge on any atom is -0.496 e. The molecule has 1 atom stereocenters. The van der Waals surface area contributed by atoms with Gasteiger partial charge in [0.2, 0.25) is 5.91 Å². The molecular weight excluding hydrogens is 368 g/mol. The average Bonchev–Trinajstić information content (AvgIpc) is 2.47. The Morgan fingerprint density at radius 2 is 2.00 bits per heavy atom. The second-order valence-corrected chi connectivity index (χ2v) is 6.66. The molecule has 0 bridgehead atoms. The number of ether oxygens (including phenoxy) is 1. The molecule has 0 spiro atoms. The maximum atomic E-state index is 12.4. The van der Waals surface area contributed by atoms with Gasteiger partial charge in [-0.25, -0.2) is 0 Å². The fourth-order valence-electron chi connectivity index (χ4n) is 2.79. The highest BCUT2D eigenvalue weighted by Gasteiger charge is 2.35. The first-order valence-corrected chi connectivity index (χ1v) is 8.19. The number of nitrogens with one attached hydrogen (secondary N) is 1. The molecule has 1 unspecified atom stereocenters. The molecule has 6 heteroatoms. The van der Waals surface area contributed by atoms with Crippen molar-refractivity contribution in [3.05, 3.63) is 28.2 Å². The Morgan fingerprint density at radius 1 is 1.36 bits per heavy atom. The maximum absolute atomic E-state index is 12.4. The Balaban J connectivity index is 0.00000242. The lowest BCUT2D eigenvalue weighted by molar-refractivity contribution is -0.128. The van der Waals surface area contributed by atoms with Gasteiger partial charge in [-0.15, -0.1) is 12.4 Å². The van der Waals surface area contributed by atoms with Crippen molar-refractivity contribution >= 4 is 34.2 Å². The summed E-state index contributed by atoms with van der Waals surface area (Å²) in [5, 5.41) is 3.05. The third kappa shape index (κ3) is 4.37. The average molecular weight is 392 g/mol. The molecule has 0 aliphatic heterocycles. The van der Waals surface area contributed by atoms with Gasteiger partial charge in [0.15, 0.2) is 0 Å². The topological polar surface area (TPSA) is 64.3 Å². The molecular formula is C16H24BrClN2O2. The third-order valence-corrected chi connectivity index (χ3v) is 4.84. The monoisotopic (exact) mass is 390 g/mol. The Hall–Kier alpha value is -0.780. The van der Waals surface area contributed by atoms with Crippen molar-refractivity contribution in [1.82, 2.24) is 5.32 Å². The Bertz CT molecular complexity index is 519. The van der Waals surface area contributed by atoms with Gasteiger partial charge in [0.25, 0.3) is 0 Å². The molecule has 124 valence electrons. The lowest BCUT2D eigenvalue weighted by Crippen LogP contribution is -2.55. The van der Waals surface area contributed by atoms with Gasteiger partial charge in [-0.3, -0.25) is 4.79 Å². The van der Waals surface area contributed by atoms with Crippen molar-refractivity contribution in [3.63, 3.8) is 0 Å². The minimum atomic E-state index is -0.698. The van der Waals surface area contributed by atoms with Gasteiger partial charge < -0.3 is 15.8 Å². The molecule has 22 heavy (non-hydrogen) atoms. The number of hydrogen-bond acceptors (Lipinski definition) is 3. The fraction of sp³-hybridized carbons (Fsp3) is 0.562. The van der Waals surface area contributed by atoms with Crippen molar-refractivity contribution in [1.29, 1.82) is 0 Å². The van der Waals surface area contributed by atoms with Crippen LogP contribution in [0.15, 0.2) is 22.7 Å². The molecule has 1 aliphatic rings. The number of rotatable bonds is 4. The Kier molecular flexibility index (Phi) is 7.16. The molecule has 0 radical (unpaired) electrons. The van der Waals surface area contributed by atoms with Crippen molar-refractivity contribution < 1.29 is 9.53 Å². The van der Waals surface area contributed by atoms with Crippen molar-refractivity contribution in [2.75, 3.05) is 7.11 Å². The standard InChI is InChI=1S/C16H23BrN2O2.ClH/c1-11(12-6-7-14(21-2)13(17)10-12)19-15(20)16(18)8-4-3-5-9-16;/h6-7,10-11H,3-5,8-9,18H2,1-2H3,(H,19,20);1H. The van der Waals surface area contributed by atoms with E-state index in [4.69, 9.17) is 10.5 Å². The van der Waals surface area contributed by atoms with Gasteiger partial charge in [0, 0.05) is 0 Å². The molecule has 1 aliphatic carbocycles. The Morgan fingerprint density at radius 3 is 2.55 bits per heavy atom. The molecule has 0 aromatic heterocycles. The van der Waals surface area contributed by atoms with Crippen molar-refractivity contribution in [2.24, 2.45) is 5.73 Å². The molecule has 3 N–H and O–H groups in total. The summed E-state index contributed by atoms with van der Waals surface area (Å²) in [5.74, 6) is 0.737. The second kappa shape index (κ2) is 8.18. The number of amides is 1. The number of benzene rings is 1. The summed E-state index contributed by atoms with van der Waals surface area (Å²) in [6.07, 6.45) is 4.79. The van der Waals surface area contributed by atoms with Gasteiger partial charge in [-0.1, -0.05) is 25.3 Å². The molecule has 4 nitrogen and oxygen atoms in total. The van der Waals surface area contributed by atoms with E-state index in [1.54, 1.807) is 7.11 Å². The summed E-state index contributed by atoms with van der Waals surface area (Å²) < 4.78 is 6.10. The normalized spacial score (nSPS) is 18.0. The molecule has 2 rings (SSSR count). The number of carbonyl (C=O) groups is 1. The van der Waals surface area contributed by atoms with E-state index in [0.29, 0.717) is 0 Å². The quantitative estimate of drug-likeness (QED) is 0.822. The van der Waals surface area contributed by atoms with E-state index in [1.807, 2.05) is 25.1 Å². The van der Waals surface area contributed by atoms with Crippen molar-refractivity contribution in [2.45, 2.75) is 50.6 Å². The molecule has 1 fully saturated rings. The lowest BCUT2D eigenvalue weighted by atomic mass is 9.81. The fourth-order valence-corrected chi connectivity index (χ4v) is 3.34. The van der Waals surface area contributed by atoms with Crippen LogP contribution in [-0.4, -0.2) is 18.6 Å². The van der Waals surface area contributed by atoms with Gasteiger partial charge in [-0.05, 0) is 53.4 Å². The highest BCUT2D eigenvalue weighted by molar-refractivity contribution is 9.10. The molecule has 0 saturated heterocycles. The van der Waals surface area contributed by atoms with E-state index in [-0.39, 0.29) is 24.4 Å². The van der Waals surface area contributed by atoms with Crippen LogP contribution in [0.3, 0.4) is 0 Å². The first kappa shape index (κ1) is 19.3. The zero-order valence-corrected chi connectivity index (χ0v) is 15.4. The third-order valence-electron chi connectivity index (χ3n) is 4.22. The number of methoxy groups -OCH3 is 1. The highest BCUT2D eigenvalue weighted by atomic mass is 79.9. The van der Waals surface area contributed by atoms with E-state index in [2.05, 4.69) is 21.2 Å². The Labute approximate surface area is 146 Å². The number of nitrogens with two attached hydrogens (primary N) is 1. The summed E-state index contributed by atoms with van der Waals surface area (Å²) in [6, 6.07) is 5.73. The van der Waals surface area contributed by atoms with Gasteiger partial charge >= 0.3 is 0 Å². The molecule has 1 aromatic rings. The predicted octanol–water partition coefficient (Wildman–Crippen LogP) is 3.72. The van der Waals surface area contributed by atoms with Crippen LogP contribution in [0.5, 0.6) is 5.75 Å².